The number of anilines is 1. The van der Waals surface area contributed by atoms with Crippen molar-refractivity contribution in [1.29, 1.82) is 0 Å². The van der Waals surface area contributed by atoms with E-state index in [-0.39, 0.29) is 11.5 Å². The fourth-order valence-electron chi connectivity index (χ4n) is 1.77. The lowest BCUT2D eigenvalue weighted by atomic mass is 10.2. The summed E-state index contributed by atoms with van der Waals surface area (Å²) in [7, 11) is -2.02. The molecule has 5 nitrogen and oxygen atoms in total. The predicted octanol–water partition coefficient (Wildman–Crippen LogP) is 1.56. The third kappa shape index (κ3) is 5.18. The molecule has 108 valence electrons. The number of aliphatic hydroxyl groups is 1. The Hall–Kier alpha value is -1.11. The zero-order chi connectivity index (χ0) is 14.1. The van der Waals surface area contributed by atoms with Crippen molar-refractivity contribution in [2.24, 2.45) is 0 Å². The Morgan fingerprint density at radius 2 is 1.79 bits per heavy atom. The molecule has 0 saturated carbocycles. The number of nitrogens with one attached hydrogen (secondary N) is 2. The highest BCUT2D eigenvalue weighted by Gasteiger charge is 2.15. The van der Waals surface area contributed by atoms with Gasteiger partial charge in [0.25, 0.3) is 0 Å². The maximum Gasteiger partial charge on any atom is 0.242 e. The molecule has 0 aliphatic rings. The molecule has 0 aromatic heterocycles. The molecule has 6 heteroatoms. The van der Waals surface area contributed by atoms with E-state index in [2.05, 4.69) is 10.0 Å². The zero-order valence-corrected chi connectivity index (χ0v) is 12.0. The van der Waals surface area contributed by atoms with Crippen molar-refractivity contribution in [1.82, 2.24) is 4.72 Å². The predicted molar refractivity (Wildman–Crippen MR) is 76.7 cm³/mol. The molecule has 19 heavy (non-hydrogen) atoms. The van der Waals surface area contributed by atoms with E-state index in [9.17, 15) is 8.42 Å². The summed E-state index contributed by atoms with van der Waals surface area (Å²) in [6, 6.07) is 6.86. The molecule has 0 aliphatic heterocycles. The van der Waals surface area contributed by atoms with Crippen LogP contribution >= 0.6 is 0 Å². The van der Waals surface area contributed by atoms with Crippen LogP contribution in [0.2, 0.25) is 0 Å². The van der Waals surface area contributed by atoms with E-state index < -0.39 is 10.0 Å². The quantitative estimate of drug-likeness (QED) is 0.602. The molecule has 0 saturated heterocycles. The van der Waals surface area contributed by atoms with Gasteiger partial charge in [0.05, 0.1) is 5.69 Å². The van der Waals surface area contributed by atoms with E-state index in [4.69, 9.17) is 5.11 Å². The minimum absolute atomic E-state index is 0.233. The molecule has 3 N–H and O–H groups in total. The van der Waals surface area contributed by atoms with Gasteiger partial charge in [-0.05, 0) is 32.0 Å². The Bertz CT molecular complexity index is 475. The molecule has 0 bridgehead atoms. The normalized spacial score (nSPS) is 11.5. The molecular formula is C13H22N2O3S. The minimum Gasteiger partial charge on any atom is -0.396 e. The number of hydrogen-bond donors (Lipinski definition) is 3. The van der Waals surface area contributed by atoms with Gasteiger partial charge in [-0.25, -0.2) is 13.1 Å². The fraction of sp³-hybridized carbons (Fsp3) is 0.538. The first-order valence-corrected chi connectivity index (χ1v) is 7.97. The van der Waals surface area contributed by atoms with Crippen molar-refractivity contribution < 1.29 is 13.5 Å². The number of rotatable bonds is 9. The highest BCUT2D eigenvalue weighted by Crippen LogP contribution is 2.20. The number of benzene rings is 1. The van der Waals surface area contributed by atoms with Gasteiger partial charge in [-0.2, -0.15) is 0 Å². The summed E-state index contributed by atoms with van der Waals surface area (Å²) in [5.74, 6) is 0. The third-order valence-corrected chi connectivity index (χ3v) is 4.32. The first-order chi connectivity index (χ1) is 9.11. The number of para-hydroxylation sites is 1. The molecule has 0 heterocycles. The highest BCUT2D eigenvalue weighted by atomic mass is 32.2. The summed E-state index contributed by atoms with van der Waals surface area (Å²) in [5.41, 5.74) is 0.624. The topological polar surface area (TPSA) is 78.4 Å². The van der Waals surface area contributed by atoms with Crippen LogP contribution in [0.3, 0.4) is 0 Å². The Labute approximate surface area is 115 Å². The van der Waals surface area contributed by atoms with Crippen molar-refractivity contribution in [2.75, 3.05) is 25.5 Å². The molecule has 0 spiro atoms. The van der Waals surface area contributed by atoms with E-state index in [1.807, 2.05) is 6.07 Å². The fourth-order valence-corrected chi connectivity index (χ4v) is 2.68. The second-order valence-electron chi connectivity index (χ2n) is 4.27. The largest absolute Gasteiger partial charge is 0.396 e. The highest BCUT2D eigenvalue weighted by molar-refractivity contribution is 7.89. The smallest absolute Gasteiger partial charge is 0.242 e. The van der Waals surface area contributed by atoms with Gasteiger partial charge in [0.1, 0.15) is 4.90 Å². The van der Waals surface area contributed by atoms with E-state index in [0.717, 1.165) is 32.2 Å². The Kier molecular flexibility index (Phi) is 6.83. The van der Waals surface area contributed by atoms with E-state index in [0.29, 0.717) is 5.69 Å². The van der Waals surface area contributed by atoms with Crippen molar-refractivity contribution in [3.8, 4) is 0 Å². The average molecular weight is 286 g/mol. The summed E-state index contributed by atoms with van der Waals surface area (Å²) in [4.78, 5) is 0.271. The lowest BCUT2D eigenvalue weighted by Gasteiger charge is -2.11. The summed E-state index contributed by atoms with van der Waals surface area (Å²) in [6.07, 6.45) is 3.79. The monoisotopic (exact) mass is 286 g/mol. The van der Waals surface area contributed by atoms with Crippen LogP contribution in [0.15, 0.2) is 29.2 Å². The van der Waals surface area contributed by atoms with Gasteiger partial charge < -0.3 is 10.4 Å². The first-order valence-electron chi connectivity index (χ1n) is 6.49. The lowest BCUT2D eigenvalue weighted by Crippen LogP contribution is -2.20. The summed E-state index contributed by atoms with van der Waals surface area (Å²) >= 11 is 0. The van der Waals surface area contributed by atoms with Crippen molar-refractivity contribution in [3.05, 3.63) is 24.3 Å². The molecule has 0 unspecified atom stereocenters. The molecule has 0 amide bonds. The number of unbranched alkanes of at least 4 members (excludes halogenated alkanes) is 3. The van der Waals surface area contributed by atoms with Crippen molar-refractivity contribution in [3.63, 3.8) is 0 Å². The van der Waals surface area contributed by atoms with Gasteiger partial charge in [-0.1, -0.05) is 25.0 Å². The molecular weight excluding hydrogens is 264 g/mol. The van der Waals surface area contributed by atoms with Gasteiger partial charge in [0, 0.05) is 13.2 Å². The van der Waals surface area contributed by atoms with Gasteiger partial charge >= 0.3 is 0 Å². The Morgan fingerprint density at radius 1 is 1.11 bits per heavy atom. The maximum absolute atomic E-state index is 11.8. The van der Waals surface area contributed by atoms with Crippen LogP contribution in [0.1, 0.15) is 25.7 Å². The van der Waals surface area contributed by atoms with Crippen LogP contribution in [0.5, 0.6) is 0 Å². The SMILES string of the molecule is CNS(=O)(=O)c1ccccc1NCCCCCCO. The summed E-state index contributed by atoms with van der Waals surface area (Å²) in [5, 5.41) is 11.8. The first kappa shape index (κ1) is 15.9. The molecule has 0 radical (unpaired) electrons. The summed E-state index contributed by atoms with van der Waals surface area (Å²) in [6.45, 7) is 0.957. The lowest BCUT2D eigenvalue weighted by molar-refractivity contribution is 0.283. The molecule has 0 aliphatic carbocycles. The third-order valence-electron chi connectivity index (χ3n) is 2.85. The maximum atomic E-state index is 11.8. The van der Waals surface area contributed by atoms with Crippen LogP contribution in [-0.4, -0.2) is 33.7 Å². The van der Waals surface area contributed by atoms with Crippen LogP contribution < -0.4 is 10.0 Å². The zero-order valence-electron chi connectivity index (χ0n) is 11.2. The molecule has 0 fully saturated rings. The number of sulfonamides is 1. The van der Waals surface area contributed by atoms with Crippen molar-refractivity contribution >= 4 is 15.7 Å². The second kappa shape index (κ2) is 8.14. The summed E-state index contributed by atoms with van der Waals surface area (Å²) < 4.78 is 26.0. The van der Waals surface area contributed by atoms with Crippen molar-refractivity contribution in [2.45, 2.75) is 30.6 Å². The second-order valence-corrected chi connectivity index (χ2v) is 6.12. The van der Waals surface area contributed by atoms with Gasteiger partial charge in [-0.15, -0.1) is 0 Å². The van der Waals surface area contributed by atoms with Gasteiger partial charge in [0.2, 0.25) is 10.0 Å². The van der Waals surface area contributed by atoms with Gasteiger partial charge in [-0.3, -0.25) is 0 Å². The van der Waals surface area contributed by atoms with Crippen LogP contribution in [0.4, 0.5) is 5.69 Å². The number of aliphatic hydroxyl groups excluding tert-OH is 1. The number of hydrogen-bond acceptors (Lipinski definition) is 4. The van der Waals surface area contributed by atoms with Crippen LogP contribution in [0, 0.1) is 0 Å². The molecule has 1 rings (SSSR count). The van der Waals surface area contributed by atoms with Crippen LogP contribution in [0.25, 0.3) is 0 Å². The molecule has 0 atom stereocenters. The van der Waals surface area contributed by atoms with Gasteiger partial charge in [0.15, 0.2) is 0 Å². The standard InChI is InChI=1S/C13H22N2O3S/c1-14-19(17,18)13-9-5-4-8-12(13)15-10-6-2-3-7-11-16/h4-5,8-9,14-16H,2-3,6-7,10-11H2,1H3. The molecule has 1 aromatic rings. The van der Waals surface area contributed by atoms with E-state index in [1.54, 1.807) is 18.2 Å². The Balaban J connectivity index is 2.55. The van der Waals surface area contributed by atoms with Crippen LogP contribution in [-0.2, 0) is 10.0 Å². The Morgan fingerprint density at radius 3 is 2.47 bits per heavy atom. The molecule has 1 aromatic carbocycles. The van der Waals surface area contributed by atoms with E-state index >= 15 is 0 Å². The average Bonchev–Trinajstić information content (AvgIpc) is 2.43. The minimum atomic E-state index is -3.43. The van der Waals surface area contributed by atoms with E-state index in [1.165, 1.54) is 7.05 Å².